The Morgan fingerprint density at radius 3 is 2.65 bits per heavy atom. The molecule has 1 aliphatic carbocycles. The molecule has 2 nitrogen and oxygen atoms in total. The lowest BCUT2D eigenvalue weighted by Gasteiger charge is -2.22. The van der Waals surface area contributed by atoms with E-state index in [0.717, 1.165) is 12.1 Å². The summed E-state index contributed by atoms with van der Waals surface area (Å²) in [6.45, 7) is 4.49. The molecule has 0 radical (unpaired) electrons. The highest BCUT2D eigenvalue weighted by molar-refractivity contribution is 6.31. The Kier molecular flexibility index (Phi) is 3.48. The number of benzene rings is 1. The molecule has 4 heteroatoms. The molecule has 0 spiro atoms. The SMILES string of the molecule is CC1CCC(Nc2cc(Cl)c(F)cc2N)C1C. The molecule has 3 N–H and O–H groups in total. The van der Waals surface area contributed by atoms with Crippen molar-refractivity contribution in [2.45, 2.75) is 32.7 Å². The van der Waals surface area contributed by atoms with Crippen molar-refractivity contribution in [3.8, 4) is 0 Å². The highest BCUT2D eigenvalue weighted by Crippen LogP contribution is 2.35. The maximum atomic E-state index is 13.2. The van der Waals surface area contributed by atoms with Crippen LogP contribution in [0.25, 0.3) is 0 Å². The molecule has 1 saturated carbocycles. The van der Waals surface area contributed by atoms with Crippen molar-refractivity contribution < 1.29 is 4.39 Å². The van der Waals surface area contributed by atoms with Gasteiger partial charge < -0.3 is 11.1 Å². The quantitative estimate of drug-likeness (QED) is 0.788. The Hall–Kier alpha value is -0.960. The van der Waals surface area contributed by atoms with Gasteiger partial charge in [0.2, 0.25) is 0 Å². The average molecular weight is 257 g/mol. The second-order valence-corrected chi connectivity index (χ2v) is 5.43. The van der Waals surface area contributed by atoms with Crippen LogP contribution in [-0.2, 0) is 0 Å². The highest BCUT2D eigenvalue weighted by Gasteiger charge is 2.29. The number of nitrogen functional groups attached to an aromatic ring is 1. The zero-order valence-corrected chi connectivity index (χ0v) is 10.9. The molecular weight excluding hydrogens is 239 g/mol. The van der Waals surface area contributed by atoms with Crippen LogP contribution < -0.4 is 11.1 Å². The lowest BCUT2D eigenvalue weighted by atomic mass is 9.97. The van der Waals surface area contributed by atoms with Crippen molar-refractivity contribution in [3.05, 3.63) is 23.0 Å². The fourth-order valence-corrected chi connectivity index (χ4v) is 2.62. The fraction of sp³-hybridized carbons (Fsp3) is 0.538. The Balaban J connectivity index is 2.16. The molecule has 17 heavy (non-hydrogen) atoms. The van der Waals surface area contributed by atoms with Crippen LogP contribution in [0.2, 0.25) is 5.02 Å². The standard InChI is InChI=1S/C13H18ClFN2/c1-7-3-4-12(8(7)2)17-13-5-9(14)10(15)6-11(13)16/h5-8,12,17H,3-4,16H2,1-2H3. The summed E-state index contributed by atoms with van der Waals surface area (Å²) < 4.78 is 13.2. The van der Waals surface area contributed by atoms with E-state index in [2.05, 4.69) is 19.2 Å². The van der Waals surface area contributed by atoms with Gasteiger partial charge in [-0.25, -0.2) is 4.39 Å². The predicted octanol–water partition coefficient (Wildman–Crippen LogP) is 3.91. The minimum Gasteiger partial charge on any atom is -0.397 e. The van der Waals surface area contributed by atoms with Crippen molar-refractivity contribution in [2.75, 3.05) is 11.1 Å². The van der Waals surface area contributed by atoms with Gasteiger partial charge in [-0.3, -0.25) is 0 Å². The zero-order valence-electron chi connectivity index (χ0n) is 10.1. The Morgan fingerprint density at radius 2 is 2.06 bits per heavy atom. The van der Waals surface area contributed by atoms with Crippen LogP contribution in [0.1, 0.15) is 26.7 Å². The maximum Gasteiger partial charge on any atom is 0.143 e. The topological polar surface area (TPSA) is 38.0 Å². The van der Waals surface area contributed by atoms with Gasteiger partial charge >= 0.3 is 0 Å². The minimum atomic E-state index is -0.470. The fourth-order valence-electron chi connectivity index (χ4n) is 2.46. The van der Waals surface area contributed by atoms with Gasteiger partial charge in [0.1, 0.15) is 5.82 Å². The molecule has 0 aromatic heterocycles. The van der Waals surface area contributed by atoms with Crippen molar-refractivity contribution in [3.63, 3.8) is 0 Å². The molecule has 0 saturated heterocycles. The first kappa shape index (κ1) is 12.5. The van der Waals surface area contributed by atoms with E-state index in [1.54, 1.807) is 6.07 Å². The smallest absolute Gasteiger partial charge is 0.143 e. The van der Waals surface area contributed by atoms with E-state index < -0.39 is 5.82 Å². The van der Waals surface area contributed by atoms with E-state index >= 15 is 0 Å². The number of halogens is 2. The van der Waals surface area contributed by atoms with Crippen molar-refractivity contribution >= 4 is 23.0 Å². The molecule has 0 heterocycles. The second kappa shape index (κ2) is 4.73. The van der Waals surface area contributed by atoms with Gasteiger partial charge in [-0.05, 0) is 30.7 Å². The van der Waals surface area contributed by atoms with Crippen LogP contribution in [0.5, 0.6) is 0 Å². The third-order valence-electron chi connectivity index (χ3n) is 3.90. The molecule has 3 atom stereocenters. The molecular formula is C13H18ClFN2. The summed E-state index contributed by atoms with van der Waals surface area (Å²) in [6, 6.07) is 3.24. The zero-order chi connectivity index (χ0) is 12.6. The first-order valence-electron chi connectivity index (χ1n) is 6.00. The number of rotatable bonds is 2. The van der Waals surface area contributed by atoms with Crippen molar-refractivity contribution in [1.29, 1.82) is 0 Å². The number of anilines is 2. The lowest BCUT2D eigenvalue weighted by molar-refractivity contribution is 0.435. The van der Waals surface area contributed by atoms with Gasteiger partial charge in [-0.1, -0.05) is 25.4 Å². The van der Waals surface area contributed by atoms with E-state index in [0.29, 0.717) is 23.6 Å². The molecule has 0 amide bonds. The Morgan fingerprint density at radius 1 is 1.35 bits per heavy atom. The first-order valence-corrected chi connectivity index (χ1v) is 6.38. The summed E-state index contributed by atoms with van der Waals surface area (Å²) in [5.74, 6) is 0.838. The summed E-state index contributed by atoms with van der Waals surface area (Å²) in [5, 5.41) is 3.49. The average Bonchev–Trinajstić information content (AvgIpc) is 2.58. The minimum absolute atomic E-state index is 0.111. The van der Waals surface area contributed by atoms with Crippen LogP contribution in [0, 0.1) is 17.7 Å². The summed E-state index contributed by atoms with van der Waals surface area (Å²) in [4.78, 5) is 0. The lowest BCUT2D eigenvalue weighted by Crippen LogP contribution is -2.24. The normalized spacial score (nSPS) is 28.4. The summed E-state index contributed by atoms with van der Waals surface area (Å²) >= 11 is 5.77. The number of nitrogens with one attached hydrogen (secondary N) is 1. The molecule has 2 rings (SSSR count). The molecule has 1 aromatic carbocycles. The van der Waals surface area contributed by atoms with Crippen molar-refractivity contribution in [2.24, 2.45) is 11.8 Å². The Labute approximate surface area is 106 Å². The molecule has 1 aliphatic rings. The van der Waals surface area contributed by atoms with Crippen LogP contribution in [-0.4, -0.2) is 6.04 Å². The van der Waals surface area contributed by atoms with Crippen molar-refractivity contribution in [1.82, 2.24) is 0 Å². The third-order valence-corrected chi connectivity index (χ3v) is 4.19. The van der Waals surface area contributed by atoms with Gasteiger partial charge in [-0.2, -0.15) is 0 Å². The van der Waals surface area contributed by atoms with Gasteiger partial charge in [0.25, 0.3) is 0 Å². The van der Waals surface area contributed by atoms with E-state index in [1.165, 1.54) is 12.5 Å². The molecule has 94 valence electrons. The van der Waals surface area contributed by atoms with Crippen LogP contribution in [0.3, 0.4) is 0 Å². The maximum absolute atomic E-state index is 13.2. The molecule has 1 aromatic rings. The van der Waals surface area contributed by atoms with Gasteiger partial charge in [0, 0.05) is 12.1 Å². The van der Waals surface area contributed by atoms with Gasteiger partial charge in [0.05, 0.1) is 16.4 Å². The molecule has 3 unspecified atom stereocenters. The summed E-state index contributed by atoms with van der Waals surface area (Å²) in [6.07, 6.45) is 2.34. The van der Waals surface area contributed by atoms with Crippen LogP contribution in [0.4, 0.5) is 15.8 Å². The van der Waals surface area contributed by atoms with Gasteiger partial charge in [-0.15, -0.1) is 0 Å². The number of nitrogens with two attached hydrogens (primary N) is 1. The van der Waals surface area contributed by atoms with Crippen LogP contribution in [0.15, 0.2) is 12.1 Å². The number of hydrogen-bond acceptors (Lipinski definition) is 2. The molecule has 0 bridgehead atoms. The van der Waals surface area contributed by atoms with E-state index in [-0.39, 0.29) is 5.02 Å². The number of hydrogen-bond donors (Lipinski definition) is 2. The molecule has 0 aliphatic heterocycles. The largest absolute Gasteiger partial charge is 0.397 e. The van der Waals surface area contributed by atoms with Crippen LogP contribution >= 0.6 is 11.6 Å². The third kappa shape index (κ3) is 2.49. The Bertz CT molecular complexity index is 422. The second-order valence-electron chi connectivity index (χ2n) is 5.02. The molecule has 1 fully saturated rings. The van der Waals surface area contributed by atoms with E-state index in [4.69, 9.17) is 17.3 Å². The highest BCUT2D eigenvalue weighted by atomic mass is 35.5. The summed E-state index contributed by atoms with van der Waals surface area (Å²) in [5.41, 5.74) is 6.94. The summed E-state index contributed by atoms with van der Waals surface area (Å²) in [7, 11) is 0. The van der Waals surface area contributed by atoms with E-state index in [9.17, 15) is 4.39 Å². The monoisotopic (exact) mass is 256 g/mol. The first-order chi connectivity index (χ1) is 7.99. The van der Waals surface area contributed by atoms with Gasteiger partial charge in [0.15, 0.2) is 0 Å². The van der Waals surface area contributed by atoms with E-state index in [1.807, 2.05) is 0 Å². The predicted molar refractivity (Wildman–Crippen MR) is 70.8 cm³/mol.